The third-order valence-electron chi connectivity index (χ3n) is 2.71. The number of hydrogen-bond donors (Lipinski definition) is 0. The molecule has 0 unspecified atom stereocenters. The Morgan fingerprint density at radius 2 is 2.20 bits per heavy atom. The number of rotatable bonds is 4. The van der Waals surface area contributed by atoms with Gasteiger partial charge >= 0.3 is 5.69 Å². The van der Waals surface area contributed by atoms with Crippen molar-refractivity contribution in [3.8, 4) is 5.75 Å². The SMILES string of the molecule is CC1(C)OC[C@@H](COc2c([N+](=O)[O-])ccc(F)c2F)O1. The van der Waals surface area contributed by atoms with Crippen LogP contribution in [0, 0.1) is 21.7 Å². The van der Waals surface area contributed by atoms with Gasteiger partial charge in [-0.15, -0.1) is 0 Å². The Morgan fingerprint density at radius 3 is 2.75 bits per heavy atom. The van der Waals surface area contributed by atoms with E-state index in [0.29, 0.717) is 6.07 Å². The maximum atomic E-state index is 13.6. The van der Waals surface area contributed by atoms with E-state index in [0.717, 1.165) is 6.07 Å². The summed E-state index contributed by atoms with van der Waals surface area (Å²) in [5.41, 5.74) is -0.637. The summed E-state index contributed by atoms with van der Waals surface area (Å²) >= 11 is 0. The number of hydrogen-bond acceptors (Lipinski definition) is 5. The van der Waals surface area contributed by atoms with Gasteiger partial charge in [0.05, 0.1) is 11.5 Å². The molecule has 2 rings (SSSR count). The predicted molar refractivity (Wildman–Crippen MR) is 63.4 cm³/mol. The van der Waals surface area contributed by atoms with Gasteiger partial charge in [-0.25, -0.2) is 4.39 Å². The smallest absolute Gasteiger partial charge is 0.314 e. The van der Waals surface area contributed by atoms with Crippen molar-refractivity contribution in [3.05, 3.63) is 33.9 Å². The van der Waals surface area contributed by atoms with Crippen molar-refractivity contribution in [1.29, 1.82) is 0 Å². The summed E-state index contributed by atoms with van der Waals surface area (Å²) in [5.74, 6) is -4.13. The number of halogens is 2. The van der Waals surface area contributed by atoms with Gasteiger partial charge in [-0.05, 0) is 19.9 Å². The lowest BCUT2D eigenvalue weighted by Gasteiger charge is -2.17. The lowest BCUT2D eigenvalue weighted by Crippen LogP contribution is -2.25. The molecule has 1 aromatic rings. The molecule has 1 aromatic carbocycles. The van der Waals surface area contributed by atoms with Gasteiger partial charge in [-0.2, -0.15) is 4.39 Å². The molecule has 0 aromatic heterocycles. The van der Waals surface area contributed by atoms with Crippen molar-refractivity contribution in [1.82, 2.24) is 0 Å². The molecule has 1 aliphatic heterocycles. The summed E-state index contributed by atoms with van der Waals surface area (Å²) in [4.78, 5) is 9.93. The lowest BCUT2D eigenvalue weighted by molar-refractivity contribution is -0.386. The molecule has 110 valence electrons. The summed E-state index contributed by atoms with van der Waals surface area (Å²) in [6, 6.07) is 1.53. The highest BCUT2D eigenvalue weighted by molar-refractivity contribution is 5.47. The molecular weight excluding hydrogens is 276 g/mol. The van der Waals surface area contributed by atoms with E-state index in [2.05, 4.69) is 0 Å². The van der Waals surface area contributed by atoms with E-state index in [9.17, 15) is 18.9 Å². The quantitative estimate of drug-likeness (QED) is 0.628. The zero-order chi connectivity index (χ0) is 14.9. The molecular formula is C12H13F2NO5. The van der Waals surface area contributed by atoms with Crippen molar-refractivity contribution in [2.75, 3.05) is 13.2 Å². The van der Waals surface area contributed by atoms with Crippen molar-refractivity contribution in [3.63, 3.8) is 0 Å². The summed E-state index contributed by atoms with van der Waals surface area (Å²) in [6.45, 7) is 3.42. The van der Waals surface area contributed by atoms with Crippen molar-refractivity contribution >= 4 is 5.69 Å². The van der Waals surface area contributed by atoms with Gasteiger partial charge in [0, 0.05) is 6.07 Å². The highest BCUT2D eigenvalue weighted by Gasteiger charge is 2.34. The fourth-order valence-electron chi connectivity index (χ4n) is 1.82. The van der Waals surface area contributed by atoms with E-state index in [1.165, 1.54) is 0 Å². The molecule has 1 fully saturated rings. The summed E-state index contributed by atoms with van der Waals surface area (Å²) in [7, 11) is 0. The monoisotopic (exact) mass is 289 g/mol. The van der Waals surface area contributed by atoms with Gasteiger partial charge < -0.3 is 14.2 Å². The average molecular weight is 289 g/mol. The van der Waals surface area contributed by atoms with E-state index >= 15 is 0 Å². The van der Waals surface area contributed by atoms with Crippen LogP contribution in [0.3, 0.4) is 0 Å². The normalized spacial score (nSPS) is 20.9. The summed E-state index contributed by atoms with van der Waals surface area (Å²) in [5, 5.41) is 10.8. The van der Waals surface area contributed by atoms with Crippen LogP contribution in [-0.4, -0.2) is 30.0 Å². The Hall–Kier alpha value is -1.80. The minimum atomic E-state index is -1.39. The summed E-state index contributed by atoms with van der Waals surface area (Å²) in [6.07, 6.45) is -0.507. The highest BCUT2D eigenvalue weighted by Crippen LogP contribution is 2.32. The molecule has 0 bridgehead atoms. The molecule has 0 saturated carbocycles. The number of nitro benzene ring substituents is 1. The molecule has 8 heteroatoms. The number of benzene rings is 1. The molecule has 0 amide bonds. The van der Waals surface area contributed by atoms with Crippen LogP contribution in [0.5, 0.6) is 5.75 Å². The van der Waals surface area contributed by atoms with Crippen LogP contribution in [0.2, 0.25) is 0 Å². The summed E-state index contributed by atoms with van der Waals surface area (Å²) < 4.78 is 42.4. The van der Waals surface area contributed by atoms with Crippen LogP contribution in [0.4, 0.5) is 14.5 Å². The highest BCUT2D eigenvalue weighted by atomic mass is 19.2. The third kappa shape index (κ3) is 3.02. The molecule has 0 N–H and O–H groups in total. The number of nitrogens with zero attached hydrogens (tertiary/aromatic N) is 1. The number of ether oxygens (including phenoxy) is 3. The van der Waals surface area contributed by atoms with Gasteiger partial charge in [-0.3, -0.25) is 10.1 Å². The van der Waals surface area contributed by atoms with Crippen LogP contribution in [0.15, 0.2) is 12.1 Å². The Balaban J connectivity index is 2.13. The van der Waals surface area contributed by atoms with Gasteiger partial charge in [0.15, 0.2) is 11.6 Å². The molecule has 20 heavy (non-hydrogen) atoms. The Kier molecular flexibility index (Phi) is 3.87. The van der Waals surface area contributed by atoms with Crippen molar-refractivity contribution < 1.29 is 27.9 Å². The maximum Gasteiger partial charge on any atom is 0.314 e. The second kappa shape index (κ2) is 5.29. The van der Waals surface area contributed by atoms with Crippen molar-refractivity contribution in [2.45, 2.75) is 25.7 Å². The average Bonchev–Trinajstić information content (AvgIpc) is 2.70. The van der Waals surface area contributed by atoms with Crippen molar-refractivity contribution in [2.24, 2.45) is 0 Å². The predicted octanol–water partition coefficient (Wildman–Crippen LogP) is 2.40. The topological polar surface area (TPSA) is 70.8 Å². The Bertz CT molecular complexity index is 535. The molecule has 1 heterocycles. The Morgan fingerprint density at radius 1 is 1.50 bits per heavy atom. The fraction of sp³-hybridized carbons (Fsp3) is 0.500. The lowest BCUT2D eigenvalue weighted by atomic mass is 10.2. The maximum absolute atomic E-state index is 13.6. The second-order valence-corrected chi connectivity index (χ2v) is 4.73. The van der Waals surface area contributed by atoms with Crippen LogP contribution < -0.4 is 4.74 Å². The van der Waals surface area contributed by atoms with Gasteiger partial charge in [0.1, 0.15) is 12.7 Å². The third-order valence-corrected chi connectivity index (χ3v) is 2.71. The first-order valence-corrected chi connectivity index (χ1v) is 5.87. The first-order chi connectivity index (χ1) is 9.30. The molecule has 0 spiro atoms. The molecule has 0 radical (unpaired) electrons. The molecule has 1 atom stereocenters. The van der Waals surface area contributed by atoms with Gasteiger partial charge in [0.25, 0.3) is 0 Å². The van der Waals surface area contributed by atoms with Gasteiger partial charge in [0.2, 0.25) is 11.6 Å². The van der Waals surface area contributed by atoms with Crippen LogP contribution in [-0.2, 0) is 9.47 Å². The van der Waals surface area contributed by atoms with E-state index in [4.69, 9.17) is 14.2 Å². The second-order valence-electron chi connectivity index (χ2n) is 4.73. The molecule has 1 aliphatic rings. The van der Waals surface area contributed by atoms with E-state index in [-0.39, 0.29) is 13.2 Å². The standard InChI is InChI=1S/C12H13F2NO5/c1-12(2)19-6-7(20-12)5-18-11-9(15(16)17)4-3-8(13)10(11)14/h3-4,7H,5-6H2,1-2H3/t7-/m1/s1. The zero-order valence-electron chi connectivity index (χ0n) is 10.9. The number of nitro groups is 1. The fourth-order valence-corrected chi connectivity index (χ4v) is 1.82. The Labute approximate surface area is 113 Å². The molecule has 1 saturated heterocycles. The molecule has 0 aliphatic carbocycles. The van der Waals surface area contributed by atoms with E-state index in [1.807, 2.05) is 0 Å². The zero-order valence-corrected chi connectivity index (χ0v) is 10.9. The first-order valence-electron chi connectivity index (χ1n) is 5.87. The largest absolute Gasteiger partial charge is 0.482 e. The van der Waals surface area contributed by atoms with Crippen LogP contribution in [0.1, 0.15) is 13.8 Å². The van der Waals surface area contributed by atoms with Gasteiger partial charge in [-0.1, -0.05) is 0 Å². The van der Waals surface area contributed by atoms with E-state index in [1.54, 1.807) is 13.8 Å². The van der Waals surface area contributed by atoms with E-state index < -0.39 is 39.9 Å². The minimum Gasteiger partial charge on any atom is -0.482 e. The minimum absolute atomic E-state index is 0.176. The van der Waals surface area contributed by atoms with Crippen LogP contribution in [0.25, 0.3) is 0 Å². The van der Waals surface area contributed by atoms with Crippen LogP contribution >= 0.6 is 0 Å². The first kappa shape index (κ1) is 14.6. The molecule has 6 nitrogen and oxygen atoms in total.